The predicted molar refractivity (Wildman–Crippen MR) is 66.3 cm³/mol. The van der Waals surface area contributed by atoms with Crippen molar-refractivity contribution < 1.29 is 15.0 Å². The highest BCUT2D eigenvalue weighted by Gasteiger charge is 2.10. The van der Waals surface area contributed by atoms with Gasteiger partial charge in [-0.1, -0.05) is 17.7 Å². The largest absolute Gasteiger partial charge is 0.394 e. The lowest BCUT2D eigenvalue weighted by Gasteiger charge is -2.14. The van der Waals surface area contributed by atoms with Gasteiger partial charge in [0.25, 0.3) is 0 Å². The van der Waals surface area contributed by atoms with Gasteiger partial charge in [0.1, 0.15) is 0 Å². The van der Waals surface area contributed by atoms with Crippen LogP contribution in [0.4, 0.5) is 10.5 Å². The van der Waals surface area contributed by atoms with E-state index >= 15 is 0 Å². The van der Waals surface area contributed by atoms with Crippen molar-refractivity contribution in [3.63, 3.8) is 0 Å². The average Bonchev–Trinajstić information content (AvgIpc) is 2.31. The van der Waals surface area contributed by atoms with Crippen LogP contribution in [0, 0.1) is 6.92 Å². The lowest BCUT2D eigenvalue weighted by molar-refractivity contribution is 0.172. The average molecular weight is 259 g/mol. The molecule has 0 saturated heterocycles. The number of halogens is 1. The molecule has 0 unspecified atom stereocenters. The van der Waals surface area contributed by atoms with E-state index in [1.165, 1.54) is 0 Å². The van der Waals surface area contributed by atoms with Crippen molar-refractivity contribution >= 4 is 23.3 Å². The number of urea groups is 1. The zero-order chi connectivity index (χ0) is 12.8. The van der Waals surface area contributed by atoms with Gasteiger partial charge >= 0.3 is 6.03 Å². The predicted octanol–water partition coefficient (Wildman–Crippen LogP) is 1.12. The number of carbonyl (C=O) groups excluding carboxylic acids is 1. The molecule has 1 rings (SSSR count). The first-order valence-electron chi connectivity index (χ1n) is 5.12. The molecule has 0 saturated carbocycles. The first-order chi connectivity index (χ1) is 8.06. The summed E-state index contributed by atoms with van der Waals surface area (Å²) in [6, 6.07) is 3.96. The Morgan fingerprint density at radius 2 is 2.06 bits per heavy atom. The number of hydrogen-bond donors (Lipinski definition) is 4. The first-order valence-corrected chi connectivity index (χ1v) is 5.50. The van der Waals surface area contributed by atoms with Crippen LogP contribution in [0.3, 0.4) is 0 Å². The molecular formula is C11H15ClN2O3. The van der Waals surface area contributed by atoms with Crippen molar-refractivity contribution in [2.24, 2.45) is 0 Å². The van der Waals surface area contributed by atoms with E-state index in [-0.39, 0.29) is 13.2 Å². The molecule has 0 spiro atoms. The van der Waals surface area contributed by atoms with Crippen LogP contribution < -0.4 is 10.6 Å². The van der Waals surface area contributed by atoms with Crippen molar-refractivity contribution in [1.29, 1.82) is 0 Å². The minimum absolute atomic E-state index is 0.321. The summed E-state index contributed by atoms with van der Waals surface area (Å²) in [5, 5.41) is 23.1. The third-order valence-electron chi connectivity index (χ3n) is 2.21. The number of nitrogens with one attached hydrogen (secondary N) is 2. The minimum atomic E-state index is -0.670. The van der Waals surface area contributed by atoms with E-state index in [1.807, 2.05) is 6.92 Å². The van der Waals surface area contributed by atoms with Crippen molar-refractivity contribution in [3.05, 3.63) is 28.8 Å². The van der Waals surface area contributed by atoms with Crippen molar-refractivity contribution in [2.75, 3.05) is 18.5 Å². The molecule has 0 aliphatic rings. The normalized spacial score (nSPS) is 10.4. The monoisotopic (exact) mass is 258 g/mol. The Balaban J connectivity index is 2.58. The smallest absolute Gasteiger partial charge is 0.319 e. The topological polar surface area (TPSA) is 81.6 Å². The number of aliphatic hydroxyl groups excluding tert-OH is 2. The van der Waals surface area contributed by atoms with Crippen LogP contribution in [0.25, 0.3) is 0 Å². The molecule has 1 aromatic rings. The highest BCUT2D eigenvalue weighted by Crippen LogP contribution is 2.19. The van der Waals surface area contributed by atoms with Crippen LogP contribution in [-0.4, -0.2) is 35.5 Å². The first kappa shape index (κ1) is 13.8. The summed E-state index contributed by atoms with van der Waals surface area (Å²) in [7, 11) is 0. The fourth-order valence-electron chi connectivity index (χ4n) is 1.17. The molecule has 6 heteroatoms. The Morgan fingerprint density at radius 3 is 2.59 bits per heavy atom. The van der Waals surface area contributed by atoms with E-state index in [0.717, 1.165) is 5.56 Å². The number of hydrogen-bond acceptors (Lipinski definition) is 3. The SMILES string of the molecule is Cc1ccc(NC(=O)NC(CO)CO)cc1Cl. The van der Waals surface area contributed by atoms with Crippen LogP contribution in [0.15, 0.2) is 18.2 Å². The molecule has 0 aromatic heterocycles. The number of carbonyl (C=O) groups is 1. The van der Waals surface area contributed by atoms with Gasteiger partial charge in [-0.3, -0.25) is 0 Å². The maximum absolute atomic E-state index is 11.4. The number of rotatable bonds is 4. The third kappa shape index (κ3) is 4.22. The zero-order valence-electron chi connectivity index (χ0n) is 9.40. The summed E-state index contributed by atoms with van der Waals surface area (Å²) in [6.07, 6.45) is 0. The van der Waals surface area contributed by atoms with Crippen molar-refractivity contribution in [3.8, 4) is 0 Å². The van der Waals surface area contributed by atoms with E-state index in [4.69, 9.17) is 21.8 Å². The lowest BCUT2D eigenvalue weighted by Crippen LogP contribution is -2.42. The van der Waals surface area contributed by atoms with Gasteiger partial charge in [-0.25, -0.2) is 4.79 Å². The molecule has 0 radical (unpaired) electrons. The summed E-state index contributed by atoms with van der Waals surface area (Å²) < 4.78 is 0. The molecule has 0 bridgehead atoms. The van der Waals surface area contributed by atoms with Crippen LogP contribution in [0.5, 0.6) is 0 Å². The Kier molecular flexibility index (Phi) is 5.21. The van der Waals surface area contributed by atoms with Gasteiger partial charge < -0.3 is 20.8 Å². The van der Waals surface area contributed by atoms with Crippen LogP contribution in [0.2, 0.25) is 5.02 Å². The molecule has 4 N–H and O–H groups in total. The van der Waals surface area contributed by atoms with Gasteiger partial charge in [-0.2, -0.15) is 0 Å². The second-order valence-electron chi connectivity index (χ2n) is 3.62. The number of anilines is 1. The number of benzene rings is 1. The van der Waals surface area contributed by atoms with Gasteiger partial charge in [-0.05, 0) is 24.6 Å². The Morgan fingerprint density at radius 1 is 1.41 bits per heavy atom. The second kappa shape index (κ2) is 6.44. The van der Waals surface area contributed by atoms with E-state index in [0.29, 0.717) is 10.7 Å². The van der Waals surface area contributed by atoms with E-state index in [1.54, 1.807) is 18.2 Å². The van der Waals surface area contributed by atoms with Gasteiger partial charge in [0.15, 0.2) is 0 Å². The van der Waals surface area contributed by atoms with Crippen LogP contribution in [-0.2, 0) is 0 Å². The summed E-state index contributed by atoms with van der Waals surface area (Å²) >= 11 is 5.91. The van der Waals surface area contributed by atoms with Gasteiger partial charge in [0.2, 0.25) is 0 Å². The summed E-state index contributed by atoms with van der Waals surface area (Å²) in [6.45, 7) is 1.22. The Bertz CT molecular complexity index is 394. The molecule has 0 atom stereocenters. The fraction of sp³-hybridized carbons (Fsp3) is 0.364. The highest BCUT2D eigenvalue weighted by molar-refractivity contribution is 6.31. The fourth-order valence-corrected chi connectivity index (χ4v) is 1.35. The summed E-state index contributed by atoms with van der Waals surface area (Å²) in [5.41, 5.74) is 1.47. The number of amides is 2. The molecule has 94 valence electrons. The molecule has 0 aliphatic heterocycles. The molecule has 5 nitrogen and oxygen atoms in total. The van der Waals surface area contributed by atoms with E-state index in [9.17, 15) is 4.79 Å². The Hall–Kier alpha value is -1.30. The highest BCUT2D eigenvalue weighted by atomic mass is 35.5. The van der Waals surface area contributed by atoms with Crippen molar-refractivity contribution in [2.45, 2.75) is 13.0 Å². The van der Waals surface area contributed by atoms with E-state index in [2.05, 4.69) is 10.6 Å². The molecule has 0 heterocycles. The molecule has 0 aliphatic carbocycles. The molecular weight excluding hydrogens is 244 g/mol. The number of aryl methyl sites for hydroxylation is 1. The number of aliphatic hydroxyl groups is 2. The molecule has 1 aromatic carbocycles. The molecule has 2 amide bonds. The maximum Gasteiger partial charge on any atom is 0.319 e. The van der Waals surface area contributed by atoms with E-state index < -0.39 is 12.1 Å². The van der Waals surface area contributed by atoms with Crippen molar-refractivity contribution in [1.82, 2.24) is 5.32 Å². The third-order valence-corrected chi connectivity index (χ3v) is 2.61. The second-order valence-corrected chi connectivity index (χ2v) is 4.03. The van der Waals surface area contributed by atoms with Gasteiger partial charge in [0, 0.05) is 10.7 Å². The maximum atomic E-state index is 11.4. The molecule has 17 heavy (non-hydrogen) atoms. The summed E-state index contributed by atoms with van der Waals surface area (Å²) in [5.74, 6) is 0. The van der Waals surface area contributed by atoms with Crippen LogP contribution in [0.1, 0.15) is 5.56 Å². The lowest BCUT2D eigenvalue weighted by atomic mass is 10.2. The minimum Gasteiger partial charge on any atom is -0.394 e. The zero-order valence-corrected chi connectivity index (χ0v) is 10.2. The Labute approximate surface area is 104 Å². The van der Waals surface area contributed by atoms with Gasteiger partial charge in [0.05, 0.1) is 19.3 Å². The van der Waals surface area contributed by atoms with Gasteiger partial charge in [-0.15, -0.1) is 0 Å². The molecule has 0 fully saturated rings. The van der Waals surface area contributed by atoms with Crippen LogP contribution >= 0.6 is 11.6 Å². The standard InChI is InChI=1S/C11H15ClN2O3/c1-7-2-3-8(4-10(7)12)13-11(17)14-9(5-15)6-16/h2-4,9,15-16H,5-6H2,1H3,(H2,13,14,17). The summed E-state index contributed by atoms with van der Waals surface area (Å²) in [4.78, 5) is 11.4. The quantitative estimate of drug-likeness (QED) is 0.653.